The molecule has 0 saturated heterocycles. The van der Waals surface area contributed by atoms with E-state index in [1.807, 2.05) is 0 Å². The van der Waals surface area contributed by atoms with E-state index in [-0.39, 0.29) is 5.69 Å². The average molecular weight is 280 g/mol. The first-order valence-electron chi connectivity index (χ1n) is 5.57. The number of carboxylic acids is 1. The smallest absolute Gasteiger partial charge is 0.330 e. The van der Waals surface area contributed by atoms with Gasteiger partial charge in [0.15, 0.2) is 6.04 Å². The van der Waals surface area contributed by atoms with Crippen LogP contribution in [0.4, 0.5) is 10.1 Å². The first-order chi connectivity index (χ1) is 9.08. The van der Waals surface area contributed by atoms with E-state index in [9.17, 15) is 14.3 Å². The molecule has 2 N–H and O–H groups in total. The van der Waals surface area contributed by atoms with Crippen LogP contribution in [0.25, 0.3) is 0 Å². The van der Waals surface area contributed by atoms with E-state index in [4.69, 9.17) is 11.6 Å². The van der Waals surface area contributed by atoms with Crippen molar-refractivity contribution in [1.29, 1.82) is 0 Å². The Labute approximate surface area is 114 Å². The van der Waals surface area contributed by atoms with Crippen LogP contribution >= 0.6 is 11.6 Å². The third-order valence-corrected chi connectivity index (χ3v) is 2.84. The fraction of sp³-hybridized carbons (Fsp3) is 0.0714. The number of aliphatic carboxylic acids is 1. The van der Waals surface area contributed by atoms with Gasteiger partial charge in [-0.05, 0) is 29.8 Å². The summed E-state index contributed by atoms with van der Waals surface area (Å²) in [4.78, 5) is 11.3. The Balaban J connectivity index is 2.32. The van der Waals surface area contributed by atoms with E-state index < -0.39 is 17.8 Å². The van der Waals surface area contributed by atoms with E-state index in [0.717, 1.165) is 0 Å². The molecular formula is C14H11ClFNO2. The van der Waals surface area contributed by atoms with Gasteiger partial charge in [0.05, 0.1) is 5.69 Å². The van der Waals surface area contributed by atoms with Crippen LogP contribution in [0, 0.1) is 5.82 Å². The Bertz CT molecular complexity index is 604. The maximum absolute atomic E-state index is 13.5. The number of benzene rings is 2. The summed E-state index contributed by atoms with van der Waals surface area (Å²) in [6, 6.07) is 11.3. The molecule has 0 amide bonds. The maximum Gasteiger partial charge on any atom is 0.330 e. The van der Waals surface area contributed by atoms with Gasteiger partial charge in [-0.1, -0.05) is 35.9 Å². The summed E-state index contributed by atoms with van der Waals surface area (Å²) >= 11 is 5.83. The molecular weight excluding hydrogens is 269 g/mol. The van der Waals surface area contributed by atoms with Crippen molar-refractivity contribution in [2.45, 2.75) is 6.04 Å². The standard InChI is InChI=1S/C14H11ClFNO2/c15-10-5-3-4-9(8-10)13(14(18)19)17-12-7-2-1-6-11(12)16/h1-8,13,17H,(H,18,19). The molecule has 2 rings (SSSR count). The molecule has 2 aromatic carbocycles. The number of nitrogens with one attached hydrogen (secondary N) is 1. The van der Waals surface area contributed by atoms with Crippen molar-refractivity contribution in [3.8, 4) is 0 Å². The van der Waals surface area contributed by atoms with Crippen molar-refractivity contribution in [3.63, 3.8) is 0 Å². The number of rotatable bonds is 4. The number of para-hydroxylation sites is 1. The number of carbonyl (C=O) groups is 1. The molecule has 0 aliphatic heterocycles. The van der Waals surface area contributed by atoms with E-state index in [1.54, 1.807) is 24.3 Å². The molecule has 2 aromatic rings. The lowest BCUT2D eigenvalue weighted by atomic mass is 10.1. The molecule has 3 nitrogen and oxygen atoms in total. The van der Waals surface area contributed by atoms with Crippen LogP contribution in [0.15, 0.2) is 48.5 Å². The second kappa shape index (κ2) is 5.71. The second-order valence-corrected chi connectivity index (χ2v) is 4.39. The Morgan fingerprint density at radius 3 is 2.58 bits per heavy atom. The largest absolute Gasteiger partial charge is 0.479 e. The zero-order valence-corrected chi connectivity index (χ0v) is 10.6. The molecule has 0 fully saturated rings. The first kappa shape index (κ1) is 13.4. The van der Waals surface area contributed by atoms with Gasteiger partial charge < -0.3 is 10.4 Å². The summed E-state index contributed by atoms with van der Waals surface area (Å²) in [7, 11) is 0. The quantitative estimate of drug-likeness (QED) is 0.897. The highest BCUT2D eigenvalue weighted by atomic mass is 35.5. The van der Waals surface area contributed by atoms with Crippen molar-refractivity contribution >= 4 is 23.3 Å². The van der Waals surface area contributed by atoms with Gasteiger partial charge in [-0.2, -0.15) is 0 Å². The maximum atomic E-state index is 13.5. The fourth-order valence-electron chi connectivity index (χ4n) is 1.71. The third kappa shape index (κ3) is 3.23. The summed E-state index contributed by atoms with van der Waals surface area (Å²) in [5, 5.41) is 12.3. The number of hydrogen-bond donors (Lipinski definition) is 2. The number of carboxylic acid groups (broad SMARTS) is 1. The van der Waals surface area contributed by atoms with Crippen LogP contribution in [0.3, 0.4) is 0 Å². The monoisotopic (exact) mass is 279 g/mol. The van der Waals surface area contributed by atoms with Gasteiger partial charge in [0.2, 0.25) is 0 Å². The topological polar surface area (TPSA) is 49.3 Å². The molecule has 1 atom stereocenters. The lowest BCUT2D eigenvalue weighted by Gasteiger charge is -2.16. The second-order valence-electron chi connectivity index (χ2n) is 3.95. The molecule has 0 radical (unpaired) electrons. The third-order valence-electron chi connectivity index (χ3n) is 2.60. The Hall–Kier alpha value is -2.07. The molecule has 0 spiro atoms. The summed E-state index contributed by atoms with van der Waals surface area (Å²) in [5.41, 5.74) is 0.595. The highest BCUT2D eigenvalue weighted by Crippen LogP contribution is 2.24. The van der Waals surface area contributed by atoms with Gasteiger partial charge in [0.25, 0.3) is 0 Å². The van der Waals surface area contributed by atoms with Crippen molar-refractivity contribution in [1.82, 2.24) is 0 Å². The van der Waals surface area contributed by atoms with Gasteiger partial charge in [-0.15, -0.1) is 0 Å². The number of hydrogen-bond acceptors (Lipinski definition) is 2. The zero-order valence-electron chi connectivity index (χ0n) is 9.81. The lowest BCUT2D eigenvalue weighted by molar-refractivity contribution is -0.138. The minimum absolute atomic E-state index is 0.134. The van der Waals surface area contributed by atoms with E-state index in [1.165, 1.54) is 24.3 Å². The van der Waals surface area contributed by atoms with Crippen LogP contribution in [0.5, 0.6) is 0 Å². The van der Waals surface area contributed by atoms with Crippen LogP contribution < -0.4 is 5.32 Å². The van der Waals surface area contributed by atoms with Crippen molar-refractivity contribution in [2.24, 2.45) is 0 Å². The summed E-state index contributed by atoms with van der Waals surface area (Å²) in [5.74, 6) is -1.61. The highest BCUT2D eigenvalue weighted by molar-refractivity contribution is 6.30. The minimum Gasteiger partial charge on any atom is -0.479 e. The van der Waals surface area contributed by atoms with E-state index >= 15 is 0 Å². The zero-order chi connectivity index (χ0) is 13.8. The highest BCUT2D eigenvalue weighted by Gasteiger charge is 2.20. The van der Waals surface area contributed by atoms with Crippen LogP contribution in [0.2, 0.25) is 5.02 Å². The van der Waals surface area contributed by atoms with Crippen LogP contribution in [-0.4, -0.2) is 11.1 Å². The Kier molecular flexibility index (Phi) is 4.02. The first-order valence-corrected chi connectivity index (χ1v) is 5.95. The molecule has 0 aliphatic carbocycles. The van der Waals surface area contributed by atoms with Gasteiger partial charge in [-0.3, -0.25) is 0 Å². The van der Waals surface area contributed by atoms with Gasteiger partial charge in [0, 0.05) is 5.02 Å². The molecule has 5 heteroatoms. The Morgan fingerprint density at radius 1 is 1.21 bits per heavy atom. The molecule has 0 aromatic heterocycles. The lowest BCUT2D eigenvalue weighted by Crippen LogP contribution is -2.21. The average Bonchev–Trinajstić information content (AvgIpc) is 2.37. The predicted molar refractivity (Wildman–Crippen MR) is 71.9 cm³/mol. The summed E-state index contributed by atoms with van der Waals surface area (Å²) < 4.78 is 13.5. The van der Waals surface area contributed by atoms with E-state index in [0.29, 0.717) is 10.6 Å². The number of halogens is 2. The van der Waals surface area contributed by atoms with Crippen LogP contribution in [0.1, 0.15) is 11.6 Å². The number of anilines is 1. The molecule has 98 valence electrons. The summed E-state index contributed by atoms with van der Waals surface area (Å²) in [6.45, 7) is 0. The van der Waals surface area contributed by atoms with E-state index in [2.05, 4.69) is 5.32 Å². The Morgan fingerprint density at radius 2 is 1.95 bits per heavy atom. The summed E-state index contributed by atoms with van der Waals surface area (Å²) in [6.07, 6.45) is 0. The van der Waals surface area contributed by atoms with Crippen LogP contribution in [-0.2, 0) is 4.79 Å². The predicted octanol–water partition coefficient (Wildman–Crippen LogP) is 3.72. The normalized spacial score (nSPS) is 11.9. The molecule has 0 saturated carbocycles. The molecule has 1 unspecified atom stereocenters. The van der Waals surface area contributed by atoms with Gasteiger partial charge >= 0.3 is 5.97 Å². The van der Waals surface area contributed by atoms with Crippen molar-refractivity contribution in [3.05, 3.63) is 64.9 Å². The van der Waals surface area contributed by atoms with Gasteiger partial charge in [0.1, 0.15) is 5.82 Å². The molecule has 0 bridgehead atoms. The van der Waals surface area contributed by atoms with Crippen molar-refractivity contribution in [2.75, 3.05) is 5.32 Å². The molecule has 0 heterocycles. The SMILES string of the molecule is O=C(O)C(Nc1ccccc1F)c1cccc(Cl)c1. The molecule has 0 aliphatic rings. The fourth-order valence-corrected chi connectivity index (χ4v) is 1.91. The van der Waals surface area contributed by atoms with Gasteiger partial charge in [-0.25, -0.2) is 9.18 Å². The van der Waals surface area contributed by atoms with Crippen molar-refractivity contribution < 1.29 is 14.3 Å². The minimum atomic E-state index is -1.11. The molecule has 19 heavy (non-hydrogen) atoms.